The summed E-state index contributed by atoms with van der Waals surface area (Å²) in [5, 5.41) is 21.8. The summed E-state index contributed by atoms with van der Waals surface area (Å²) in [6, 6.07) is 1.94. The molecule has 1 rings (SSSR count). The molecule has 6 heteroatoms. The van der Waals surface area contributed by atoms with E-state index in [1.165, 1.54) is 12.4 Å². The highest BCUT2D eigenvalue weighted by Gasteiger charge is 2.21. The number of nitriles is 1. The molecule has 0 amide bonds. The number of anilines is 1. The molecule has 0 fully saturated rings. The lowest BCUT2D eigenvalue weighted by atomic mass is 10.1. The van der Waals surface area contributed by atoms with Gasteiger partial charge in [0.1, 0.15) is 6.07 Å². The van der Waals surface area contributed by atoms with Crippen molar-refractivity contribution in [3.63, 3.8) is 0 Å². The van der Waals surface area contributed by atoms with Gasteiger partial charge in [-0.1, -0.05) is 0 Å². The first-order valence-corrected chi connectivity index (χ1v) is 5.27. The van der Waals surface area contributed by atoms with Crippen LogP contribution < -0.4 is 5.32 Å². The number of aliphatic hydroxyl groups is 1. The maximum absolute atomic E-state index is 10.1. The summed E-state index contributed by atoms with van der Waals surface area (Å²) in [6.45, 7) is 2.54. The summed E-state index contributed by atoms with van der Waals surface area (Å²) in [5.41, 5.74) is -0.665. The van der Waals surface area contributed by atoms with Crippen molar-refractivity contribution in [1.82, 2.24) is 14.9 Å². The monoisotopic (exact) mass is 235 g/mol. The molecule has 0 spiro atoms. The minimum absolute atomic E-state index is 0.230. The molecular formula is C11H17N5O. The van der Waals surface area contributed by atoms with Crippen LogP contribution in [0.25, 0.3) is 0 Å². The van der Waals surface area contributed by atoms with Crippen LogP contribution in [0, 0.1) is 11.3 Å². The standard InChI is InChI=1S/C11H17N5O/c1-11(17,8-16(2)3)7-15-10-9(6-12)13-4-5-14-10/h4-5,17H,7-8H2,1-3H3,(H,14,15). The second-order valence-corrected chi connectivity index (χ2v) is 4.45. The van der Waals surface area contributed by atoms with E-state index in [9.17, 15) is 5.11 Å². The van der Waals surface area contributed by atoms with E-state index in [0.717, 1.165) is 0 Å². The number of hydrogen-bond donors (Lipinski definition) is 2. The molecule has 0 saturated heterocycles. The fourth-order valence-corrected chi connectivity index (χ4v) is 1.56. The van der Waals surface area contributed by atoms with Gasteiger partial charge < -0.3 is 15.3 Å². The summed E-state index contributed by atoms with van der Waals surface area (Å²) >= 11 is 0. The molecule has 0 aliphatic carbocycles. The largest absolute Gasteiger partial charge is 0.387 e. The van der Waals surface area contributed by atoms with Crippen LogP contribution in [0.15, 0.2) is 12.4 Å². The first-order valence-electron chi connectivity index (χ1n) is 5.27. The summed E-state index contributed by atoms with van der Waals surface area (Å²) < 4.78 is 0. The van der Waals surface area contributed by atoms with Gasteiger partial charge in [0.25, 0.3) is 0 Å². The van der Waals surface area contributed by atoms with E-state index in [-0.39, 0.29) is 5.69 Å². The van der Waals surface area contributed by atoms with Crippen molar-refractivity contribution in [3.8, 4) is 6.07 Å². The second kappa shape index (κ2) is 5.57. The number of hydrogen-bond acceptors (Lipinski definition) is 6. The Kier molecular flexibility index (Phi) is 4.37. The van der Waals surface area contributed by atoms with Crippen LogP contribution >= 0.6 is 0 Å². The van der Waals surface area contributed by atoms with Crippen LogP contribution in [0.3, 0.4) is 0 Å². The van der Waals surface area contributed by atoms with Crippen molar-refractivity contribution in [1.29, 1.82) is 5.26 Å². The van der Waals surface area contributed by atoms with E-state index in [0.29, 0.717) is 18.9 Å². The van der Waals surface area contributed by atoms with Crippen LogP contribution in [0.4, 0.5) is 5.82 Å². The first-order chi connectivity index (χ1) is 7.94. The normalized spacial score (nSPS) is 14.1. The molecule has 0 aromatic carbocycles. The third-order valence-corrected chi connectivity index (χ3v) is 2.10. The number of nitrogens with zero attached hydrogens (tertiary/aromatic N) is 4. The number of nitrogens with one attached hydrogen (secondary N) is 1. The van der Waals surface area contributed by atoms with E-state index >= 15 is 0 Å². The quantitative estimate of drug-likeness (QED) is 0.751. The highest BCUT2D eigenvalue weighted by Crippen LogP contribution is 2.10. The maximum atomic E-state index is 10.1. The molecule has 0 bridgehead atoms. The SMILES string of the molecule is CN(C)CC(C)(O)CNc1nccnc1C#N. The molecule has 6 nitrogen and oxygen atoms in total. The van der Waals surface area contributed by atoms with Gasteiger partial charge in [-0.3, -0.25) is 0 Å². The summed E-state index contributed by atoms with van der Waals surface area (Å²) in [7, 11) is 3.77. The van der Waals surface area contributed by atoms with Crippen molar-refractivity contribution in [2.45, 2.75) is 12.5 Å². The van der Waals surface area contributed by atoms with Crippen LogP contribution in [-0.2, 0) is 0 Å². The van der Waals surface area contributed by atoms with Crippen molar-refractivity contribution >= 4 is 5.82 Å². The summed E-state index contributed by atoms with van der Waals surface area (Å²) in [6.07, 6.45) is 2.96. The zero-order valence-corrected chi connectivity index (χ0v) is 10.3. The minimum Gasteiger partial charge on any atom is -0.387 e. The molecule has 1 atom stereocenters. The third-order valence-electron chi connectivity index (χ3n) is 2.10. The number of likely N-dealkylation sites (N-methyl/N-ethyl adjacent to an activating group) is 1. The molecule has 17 heavy (non-hydrogen) atoms. The lowest BCUT2D eigenvalue weighted by molar-refractivity contribution is 0.0459. The Bertz CT molecular complexity index is 411. The van der Waals surface area contributed by atoms with Crippen LogP contribution in [0.5, 0.6) is 0 Å². The predicted molar refractivity (Wildman–Crippen MR) is 64.4 cm³/mol. The fraction of sp³-hybridized carbons (Fsp3) is 0.545. The molecule has 1 heterocycles. The molecule has 1 aromatic heterocycles. The van der Waals surface area contributed by atoms with Crippen LogP contribution in [-0.4, -0.2) is 52.8 Å². The lowest BCUT2D eigenvalue weighted by Gasteiger charge is -2.27. The van der Waals surface area contributed by atoms with Crippen molar-refractivity contribution in [2.24, 2.45) is 0 Å². The molecule has 1 unspecified atom stereocenters. The zero-order valence-electron chi connectivity index (χ0n) is 10.3. The molecule has 0 aliphatic heterocycles. The van der Waals surface area contributed by atoms with E-state index in [1.807, 2.05) is 25.1 Å². The Morgan fingerprint density at radius 2 is 2.12 bits per heavy atom. The van der Waals surface area contributed by atoms with E-state index in [2.05, 4.69) is 15.3 Å². The van der Waals surface area contributed by atoms with Gasteiger partial charge in [0.2, 0.25) is 0 Å². The summed E-state index contributed by atoms with van der Waals surface area (Å²) in [5.74, 6) is 0.397. The van der Waals surface area contributed by atoms with Gasteiger partial charge >= 0.3 is 0 Å². The smallest absolute Gasteiger partial charge is 0.182 e. The van der Waals surface area contributed by atoms with E-state index in [1.54, 1.807) is 6.92 Å². The zero-order chi connectivity index (χ0) is 12.9. The molecule has 0 saturated carbocycles. The van der Waals surface area contributed by atoms with Crippen molar-refractivity contribution in [3.05, 3.63) is 18.1 Å². The van der Waals surface area contributed by atoms with Gasteiger partial charge in [0.15, 0.2) is 11.5 Å². The lowest BCUT2D eigenvalue weighted by Crippen LogP contribution is -2.43. The third kappa shape index (κ3) is 4.34. The van der Waals surface area contributed by atoms with E-state index < -0.39 is 5.60 Å². The van der Waals surface area contributed by atoms with Gasteiger partial charge in [0, 0.05) is 25.5 Å². The van der Waals surface area contributed by atoms with Gasteiger partial charge in [0.05, 0.1) is 5.60 Å². The molecule has 2 N–H and O–H groups in total. The molecule has 0 radical (unpaired) electrons. The van der Waals surface area contributed by atoms with Crippen LogP contribution in [0.2, 0.25) is 0 Å². The van der Waals surface area contributed by atoms with Gasteiger partial charge in [-0.2, -0.15) is 5.26 Å². The maximum Gasteiger partial charge on any atom is 0.182 e. The molecule has 92 valence electrons. The molecular weight excluding hydrogens is 218 g/mol. The Morgan fingerprint density at radius 1 is 1.47 bits per heavy atom. The van der Waals surface area contributed by atoms with Gasteiger partial charge in [-0.15, -0.1) is 0 Å². The summed E-state index contributed by atoms with van der Waals surface area (Å²) in [4.78, 5) is 9.78. The highest BCUT2D eigenvalue weighted by atomic mass is 16.3. The minimum atomic E-state index is -0.895. The van der Waals surface area contributed by atoms with Crippen LogP contribution in [0.1, 0.15) is 12.6 Å². The van der Waals surface area contributed by atoms with Gasteiger partial charge in [-0.05, 0) is 21.0 Å². The second-order valence-electron chi connectivity index (χ2n) is 4.45. The Balaban J connectivity index is 2.64. The van der Waals surface area contributed by atoms with E-state index in [4.69, 9.17) is 5.26 Å². The molecule has 1 aromatic rings. The van der Waals surface area contributed by atoms with Crippen molar-refractivity contribution < 1.29 is 5.11 Å². The number of rotatable bonds is 5. The predicted octanol–water partition coefficient (Wildman–Crippen LogP) is 0.0728. The van der Waals surface area contributed by atoms with Crippen molar-refractivity contribution in [2.75, 3.05) is 32.5 Å². The average molecular weight is 235 g/mol. The Morgan fingerprint density at radius 3 is 2.71 bits per heavy atom. The average Bonchev–Trinajstić information content (AvgIpc) is 2.25. The molecule has 0 aliphatic rings. The topological polar surface area (TPSA) is 85.1 Å². The number of aromatic nitrogens is 2. The highest BCUT2D eigenvalue weighted by molar-refractivity contribution is 5.46. The first kappa shape index (κ1) is 13.4. The van der Waals surface area contributed by atoms with Gasteiger partial charge in [-0.25, -0.2) is 9.97 Å². The fourth-order valence-electron chi connectivity index (χ4n) is 1.56. The Hall–Kier alpha value is -1.71. The Labute approximate surface area is 101 Å².